The van der Waals surface area contributed by atoms with Crippen molar-refractivity contribution in [1.82, 2.24) is 0 Å². The number of rotatable bonds is 3. The molecule has 0 aliphatic rings. The molecule has 2 aromatic carbocycles. The number of hydrogen-bond acceptors (Lipinski definition) is 2. The first-order valence-corrected chi connectivity index (χ1v) is 7.51. The lowest BCUT2D eigenvalue weighted by molar-refractivity contribution is 0.449. The quantitative estimate of drug-likeness (QED) is 0.866. The van der Waals surface area contributed by atoms with Gasteiger partial charge in [0.05, 0.1) is 10.7 Å². The van der Waals surface area contributed by atoms with E-state index in [1.54, 1.807) is 6.92 Å². The van der Waals surface area contributed by atoms with Crippen LogP contribution >= 0.6 is 11.6 Å². The smallest absolute Gasteiger partial charge is 0.263 e. The SMILES string of the molecule is Cc1ccc(S(=O)(=O)Nc2ccc(F)c(F)c2F)c(Cl)c1. The van der Waals surface area contributed by atoms with E-state index in [1.165, 1.54) is 18.2 Å². The van der Waals surface area contributed by atoms with Crippen molar-refractivity contribution in [2.24, 2.45) is 0 Å². The average Bonchev–Trinajstić information content (AvgIpc) is 2.39. The summed E-state index contributed by atoms with van der Waals surface area (Å²) in [6.45, 7) is 1.71. The largest absolute Gasteiger partial charge is 0.276 e. The van der Waals surface area contributed by atoms with Gasteiger partial charge in [-0.05, 0) is 36.8 Å². The number of aryl methyl sites for hydroxylation is 1. The molecule has 0 aromatic heterocycles. The van der Waals surface area contributed by atoms with Gasteiger partial charge in [0.15, 0.2) is 17.5 Å². The Morgan fingerprint density at radius 3 is 2.33 bits per heavy atom. The van der Waals surface area contributed by atoms with Gasteiger partial charge in [-0.3, -0.25) is 4.72 Å². The van der Waals surface area contributed by atoms with Gasteiger partial charge >= 0.3 is 0 Å². The zero-order valence-corrected chi connectivity index (χ0v) is 12.2. The molecule has 0 saturated heterocycles. The molecule has 0 spiro atoms. The maximum Gasteiger partial charge on any atom is 0.263 e. The Balaban J connectivity index is 2.45. The molecule has 8 heteroatoms. The van der Waals surface area contributed by atoms with Crippen LogP contribution in [0.15, 0.2) is 35.2 Å². The van der Waals surface area contributed by atoms with Crippen molar-refractivity contribution in [3.8, 4) is 0 Å². The van der Waals surface area contributed by atoms with Gasteiger partial charge in [0, 0.05) is 0 Å². The van der Waals surface area contributed by atoms with Gasteiger partial charge in [0.2, 0.25) is 0 Å². The fourth-order valence-corrected chi connectivity index (χ4v) is 3.29. The van der Waals surface area contributed by atoms with Crippen LogP contribution in [0, 0.1) is 24.4 Å². The van der Waals surface area contributed by atoms with Gasteiger partial charge in [-0.2, -0.15) is 0 Å². The minimum absolute atomic E-state index is 0.0644. The van der Waals surface area contributed by atoms with Crippen molar-refractivity contribution >= 4 is 27.3 Å². The molecule has 2 aromatic rings. The highest BCUT2D eigenvalue weighted by molar-refractivity contribution is 7.92. The van der Waals surface area contributed by atoms with Gasteiger partial charge in [0.25, 0.3) is 10.0 Å². The minimum atomic E-state index is -4.22. The second-order valence-corrected chi connectivity index (χ2v) is 6.32. The number of sulfonamides is 1. The Bertz CT molecular complexity index is 809. The first-order chi connectivity index (χ1) is 9.72. The summed E-state index contributed by atoms with van der Waals surface area (Å²) in [5.74, 6) is -4.80. The van der Waals surface area contributed by atoms with Crippen LogP contribution < -0.4 is 4.72 Å². The second-order valence-electron chi connectivity index (χ2n) is 4.26. The zero-order valence-electron chi connectivity index (χ0n) is 10.6. The molecule has 0 fully saturated rings. The van der Waals surface area contributed by atoms with Crippen LogP contribution in [-0.4, -0.2) is 8.42 Å². The molecule has 0 bridgehead atoms. The van der Waals surface area contributed by atoms with E-state index in [4.69, 9.17) is 11.6 Å². The molecule has 1 N–H and O–H groups in total. The third kappa shape index (κ3) is 3.14. The molecule has 0 aliphatic heterocycles. The molecule has 3 nitrogen and oxygen atoms in total. The number of benzene rings is 2. The Morgan fingerprint density at radius 2 is 1.71 bits per heavy atom. The predicted molar refractivity (Wildman–Crippen MR) is 73.3 cm³/mol. The van der Waals surface area contributed by atoms with Gasteiger partial charge < -0.3 is 0 Å². The highest BCUT2D eigenvalue weighted by Gasteiger charge is 2.22. The summed E-state index contributed by atoms with van der Waals surface area (Å²) in [7, 11) is -4.22. The maximum absolute atomic E-state index is 13.5. The van der Waals surface area contributed by atoms with Crippen molar-refractivity contribution in [3.05, 3.63) is 58.4 Å². The average molecular weight is 336 g/mol. The molecule has 0 amide bonds. The van der Waals surface area contributed by atoms with Crippen LogP contribution in [0.5, 0.6) is 0 Å². The van der Waals surface area contributed by atoms with Crippen LogP contribution in [0.4, 0.5) is 18.9 Å². The molecular weight excluding hydrogens is 327 g/mol. The van der Waals surface area contributed by atoms with Crippen molar-refractivity contribution < 1.29 is 21.6 Å². The highest BCUT2D eigenvalue weighted by atomic mass is 35.5. The van der Waals surface area contributed by atoms with Gasteiger partial charge in [0.1, 0.15) is 4.90 Å². The van der Waals surface area contributed by atoms with Crippen molar-refractivity contribution in [3.63, 3.8) is 0 Å². The molecule has 0 heterocycles. The summed E-state index contributed by atoms with van der Waals surface area (Å²) in [4.78, 5) is -0.293. The summed E-state index contributed by atoms with van der Waals surface area (Å²) in [6, 6.07) is 5.55. The molecule has 21 heavy (non-hydrogen) atoms. The number of nitrogens with one attached hydrogen (secondary N) is 1. The molecule has 0 saturated carbocycles. The summed E-state index contributed by atoms with van der Waals surface area (Å²) in [6.07, 6.45) is 0. The predicted octanol–water partition coefficient (Wildman–Crippen LogP) is 3.87. The molecule has 0 radical (unpaired) electrons. The fourth-order valence-electron chi connectivity index (χ4n) is 1.63. The van der Waals surface area contributed by atoms with E-state index in [0.717, 1.165) is 11.6 Å². The molecule has 112 valence electrons. The third-order valence-electron chi connectivity index (χ3n) is 2.66. The topological polar surface area (TPSA) is 46.2 Å². The summed E-state index contributed by atoms with van der Waals surface area (Å²) in [5, 5.41) is -0.0644. The summed E-state index contributed by atoms with van der Waals surface area (Å²) in [5.41, 5.74) is 0.0310. The standard InChI is InChI=1S/C13H9ClF3NO2S/c1-7-2-5-11(8(14)6-7)21(19,20)18-10-4-3-9(15)12(16)13(10)17/h2-6,18H,1H3. The van der Waals surface area contributed by atoms with E-state index >= 15 is 0 Å². The monoisotopic (exact) mass is 335 g/mol. The highest BCUT2D eigenvalue weighted by Crippen LogP contribution is 2.27. The first kappa shape index (κ1) is 15.7. The van der Waals surface area contributed by atoms with E-state index in [2.05, 4.69) is 0 Å². The van der Waals surface area contributed by atoms with E-state index in [0.29, 0.717) is 6.07 Å². The first-order valence-electron chi connectivity index (χ1n) is 5.65. The van der Waals surface area contributed by atoms with E-state index < -0.39 is 33.2 Å². The number of halogens is 4. The van der Waals surface area contributed by atoms with Crippen LogP contribution in [0.25, 0.3) is 0 Å². The van der Waals surface area contributed by atoms with Crippen LogP contribution in [0.1, 0.15) is 5.56 Å². The van der Waals surface area contributed by atoms with Gasteiger partial charge in [-0.15, -0.1) is 0 Å². The van der Waals surface area contributed by atoms with E-state index in [9.17, 15) is 21.6 Å². The van der Waals surface area contributed by atoms with Gasteiger partial charge in [-0.25, -0.2) is 21.6 Å². The Labute approximate surface area is 124 Å². The molecule has 0 atom stereocenters. The Kier molecular flexibility index (Phi) is 4.15. The zero-order chi connectivity index (χ0) is 15.8. The lowest BCUT2D eigenvalue weighted by atomic mass is 10.2. The number of anilines is 1. The molecule has 0 unspecified atom stereocenters. The lowest BCUT2D eigenvalue weighted by Gasteiger charge is -2.11. The minimum Gasteiger partial charge on any atom is -0.276 e. The van der Waals surface area contributed by atoms with Crippen LogP contribution in [0.3, 0.4) is 0 Å². The van der Waals surface area contributed by atoms with Crippen molar-refractivity contribution in [2.45, 2.75) is 11.8 Å². The van der Waals surface area contributed by atoms with E-state index in [1.807, 2.05) is 4.72 Å². The third-order valence-corrected chi connectivity index (χ3v) is 4.50. The maximum atomic E-state index is 13.5. The Hall–Kier alpha value is -1.73. The van der Waals surface area contributed by atoms with Gasteiger partial charge in [-0.1, -0.05) is 17.7 Å². The van der Waals surface area contributed by atoms with Crippen molar-refractivity contribution in [2.75, 3.05) is 4.72 Å². The lowest BCUT2D eigenvalue weighted by Crippen LogP contribution is -2.15. The fraction of sp³-hybridized carbons (Fsp3) is 0.0769. The molecule has 0 aliphatic carbocycles. The van der Waals surface area contributed by atoms with E-state index in [-0.39, 0.29) is 9.92 Å². The van der Waals surface area contributed by atoms with Crippen molar-refractivity contribution in [1.29, 1.82) is 0 Å². The van der Waals surface area contributed by atoms with Crippen LogP contribution in [-0.2, 0) is 10.0 Å². The summed E-state index contributed by atoms with van der Waals surface area (Å²) < 4.78 is 65.4. The molecule has 2 rings (SSSR count). The second kappa shape index (κ2) is 5.57. The molecular formula is C13H9ClF3NO2S. The summed E-state index contributed by atoms with van der Waals surface area (Å²) >= 11 is 5.83. The Morgan fingerprint density at radius 1 is 1.05 bits per heavy atom. The number of hydrogen-bond donors (Lipinski definition) is 1. The normalized spacial score (nSPS) is 11.5. The van der Waals surface area contributed by atoms with Crippen LogP contribution in [0.2, 0.25) is 5.02 Å².